The molecule has 0 aromatic heterocycles. The maximum atomic E-state index is 12.0. The zero-order valence-corrected chi connectivity index (χ0v) is 23.9. The molecule has 2 rings (SSSR count). The Bertz CT molecular complexity index is 1040. The first-order valence-electron chi connectivity index (χ1n) is 12.5. The monoisotopic (exact) mass is 526 g/mol. The van der Waals surface area contributed by atoms with Gasteiger partial charge < -0.3 is 24.7 Å². The maximum Gasteiger partial charge on any atom is 0.324 e. The fraction of sp³-hybridized carbons (Fsp3) is 0.500. The lowest BCUT2D eigenvalue weighted by Crippen LogP contribution is -2.33. The molecule has 0 radical (unpaired) electrons. The number of methoxy groups -OCH3 is 2. The average Bonchev–Trinajstić information content (AvgIpc) is 2.84. The van der Waals surface area contributed by atoms with E-state index < -0.39 is 23.1 Å². The first-order valence-corrected chi connectivity index (χ1v) is 12.5. The van der Waals surface area contributed by atoms with Crippen LogP contribution in [0.15, 0.2) is 48.5 Å². The number of carbonyl (C=O) groups is 2. The Morgan fingerprint density at radius 2 is 1.16 bits per heavy atom. The van der Waals surface area contributed by atoms with Crippen molar-refractivity contribution in [1.29, 1.82) is 5.26 Å². The van der Waals surface area contributed by atoms with Crippen LogP contribution in [-0.2, 0) is 31.9 Å². The van der Waals surface area contributed by atoms with Gasteiger partial charge in [-0.25, -0.2) is 0 Å². The second-order valence-corrected chi connectivity index (χ2v) is 10.8. The molecule has 0 saturated heterocycles. The Morgan fingerprint density at radius 1 is 0.763 bits per heavy atom. The molecular weight excluding hydrogens is 484 g/mol. The molecule has 0 amide bonds. The number of hydrogen-bond donors (Lipinski definition) is 1. The molecule has 208 valence electrons. The minimum atomic E-state index is -0.785. The molecule has 2 unspecified atom stereocenters. The molecule has 0 fully saturated rings. The van der Waals surface area contributed by atoms with E-state index in [1.54, 1.807) is 47.1 Å². The Balaban J connectivity index is 0.000000380. The van der Waals surface area contributed by atoms with Gasteiger partial charge >= 0.3 is 11.9 Å². The van der Waals surface area contributed by atoms with Gasteiger partial charge in [0.1, 0.15) is 28.6 Å². The van der Waals surface area contributed by atoms with Gasteiger partial charge in [0.05, 0.1) is 26.2 Å². The zero-order valence-electron chi connectivity index (χ0n) is 23.9. The third-order valence-corrected chi connectivity index (χ3v) is 5.11. The summed E-state index contributed by atoms with van der Waals surface area (Å²) in [7, 11) is 3.21. The molecular formula is C30H42N2O6. The summed E-state index contributed by atoms with van der Waals surface area (Å²) in [4.78, 5) is 23.8. The highest BCUT2D eigenvalue weighted by atomic mass is 16.6. The molecule has 2 N–H and O–H groups in total. The van der Waals surface area contributed by atoms with Crippen LogP contribution in [-0.4, -0.2) is 43.9 Å². The van der Waals surface area contributed by atoms with Crippen LogP contribution >= 0.6 is 0 Å². The Hall–Kier alpha value is -3.57. The number of nitrogens with zero attached hydrogens (tertiary/aromatic N) is 1. The van der Waals surface area contributed by atoms with Gasteiger partial charge in [-0.2, -0.15) is 5.26 Å². The molecule has 0 aliphatic carbocycles. The minimum absolute atomic E-state index is 0.245. The van der Waals surface area contributed by atoms with Crippen molar-refractivity contribution in [2.75, 3.05) is 20.8 Å². The molecule has 2 aromatic rings. The lowest BCUT2D eigenvalue weighted by atomic mass is 9.99. The van der Waals surface area contributed by atoms with Crippen LogP contribution in [0.2, 0.25) is 0 Å². The van der Waals surface area contributed by atoms with E-state index >= 15 is 0 Å². The maximum absolute atomic E-state index is 12.0. The number of esters is 2. The highest BCUT2D eigenvalue weighted by Gasteiger charge is 2.26. The summed E-state index contributed by atoms with van der Waals surface area (Å²) in [6.45, 7) is 11.2. The van der Waals surface area contributed by atoms with Gasteiger partial charge in [-0.05, 0) is 89.8 Å². The second kappa shape index (κ2) is 15.0. The van der Waals surface area contributed by atoms with Crippen molar-refractivity contribution in [3.63, 3.8) is 0 Å². The number of hydrogen-bond acceptors (Lipinski definition) is 8. The number of carbonyl (C=O) groups excluding carboxylic acids is 2. The van der Waals surface area contributed by atoms with Crippen LogP contribution in [0.5, 0.6) is 11.5 Å². The lowest BCUT2D eigenvalue weighted by molar-refractivity contribution is -0.160. The van der Waals surface area contributed by atoms with Crippen molar-refractivity contribution in [3.05, 3.63) is 59.7 Å². The van der Waals surface area contributed by atoms with Crippen molar-refractivity contribution >= 4 is 11.9 Å². The number of nitrogens with two attached hydrogens (primary N) is 1. The fourth-order valence-corrected chi connectivity index (χ4v) is 3.25. The van der Waals surface area contributed by atoms with Gasteiger partial charge in [0.15, 0.2) is 0 Å². The molecule has 0 heterocycles. The van der Waals surface area contributed by atoms with Gasteiger partial charge in [-0.3, -0.25) is 9.59 Å². The zero-order chi connectivity index (χ0) is 28.9. The smallest absolute Gasteiger partial charge is 0.324 e. The fourth-order valence-electron chi connectivity index (χ4n) is 3.25. The van der Waals surface area contributed by atoms with Gasteiger partial charge in [0, 0.05) is 6.54 Å². The Kier molecular flexibility index (Phi) is 12.8. The van der Waals surface area contributed by atoms with E-state index in [4.69, 9.17) is 29.9 Å². The van der Waals surface area contributed by atoms with Gasteiger partial charge in [0.2, 0.25) is 0 Å². The van der Waals surface area contributed by atoms with Crippen LogP contribution in [0.1, 0.15) is 52.7 Å². The SMILES string of the molecule is COc1ccc(CC(C#N)C(=O)OC(C)(C)C)cc1.COc1ccc(CC(CN)C(=O)OC(C)(C)C)cc1. The molecule has 2 atom stereocenters. The van der Waals surface area contributed by atoms with Crippen molar-refractivity contribution < 1.29 is 28.5 Å². The van der Waals surface area contributed by atoms with Crippen LogP contribution < -0.4 is 15.2 Å². The van der Waals surface area contributed by atoms with Crippen molar-refractivity contribution in [3.8, 4) is 17.6 Å². The first-order chi connectivity index (χ1) is 17.7. The van der Waals surface area contributed by atoms with Crippen LogP contribution in [0.25, 0.3) is 0 Å². The second-order valence-electron chi connectivity index (χ2n) is 10.8. The number of rotatable bonds is 9. The number of ether oxygens (including phenoxy) is 4. The summed E-state index contributed by atoms with van der Waals surface area (Å²) in [5, 5.41) is 9.08. The first kappa shape index (κ1) is 32.5. The molecule has 8 nitrogen and oxygen atoms in total. The summed E-state index contributed by atoms with van der Waals surface area (Å²) in [5.74, 6) is -0.281. The molecule has 2 aromatic carbocycles. The standard InChI is InChI=1S/C15H23NO3.C15H19NO3/c2*1-15(2,3)19-14(17)12(10-16)9-11-5-7-13(18-4)8-6-11/h5-8,12H,9-10,16H2,1-4H3;5-8,12H,9H2,1-4H3. The predicted octanol–water partition coefficient (Wildman–Crippen LogP) is 4.87. The van der Waals surface area contributed by atoms with E-state index in [0.717, 1.165) is 22.6 Å². The van der Waals surface area contributed by atoms with E-state index in [-0.39, 0.29) is 18.4 Å². The van der Waals surface area contributed by atoms with Crippen molar-refractivity contribution in [1.82, 2.24) is 0 Å². The van der Waals surface area contributed by atoms with Crippen molar-refractivity contribution in [2.45, 2.75) is 65.6 Å². The number of nitriles is 1. The minimum Gasteiger partial charge on any atom is -0.497 e. The van der Waals surface area contributed by atoms with E-state index in [0.29, 0.717) is 12.8 Å². The van der Waals surface area contributed by atoms with E-state index in [1.165, 1.54) is 0 Å². The van der Waals surface area contributed by atoms with Gasteiger partial charge in [-0.15, -0.1) is 0 Å². The van der Waals surface area contributed by atoms with Crippen molar-refractivity contribution in [2.24, 2.45) is 17.6 Å². The molecule has 8 heteroatoms. The van der Waals surface area contributed by atoms with Gasteiger partial charge in [-0.1, -0.05) is 24.3 Å². The molecule has 0 saturated carbocycles. The highest BCUT2D eigenvalue weighted by molar-refractivity contribution is 5.76. The predicted molar refractivity (Wildman–Crippen MR) is 147 cm³/mol. The van der Waals surface area contributed by atoms with Crippen LogP contribution in [0.3, 0.4) is 0 Å². The normalized spacial score (nSPS) is 12.6. The van der Waals surface area contributed by atoms with Crippen LogP contribution in [0, 0.1) is 23.2 Å². The summed E-state index contributed by atoms with van der Waals surface area (Å²) in [6, 6.07) is 16.9. The Morgan fingerprint density at radius 3 is 1.50 bits per heavy atom. The summed E-state index contributed by atoms with van der Waals surface area (Å²) >= 11 is 0. The summed E-state index contributed by atoms with van der Waals surface area (Å²) in [6.07, 6.45) is 0.921. The molecule has 0 aliphatic rings. The lowest BCUT2D eigenvalue weighted by Gasteiger charge is -2.23. The molecule has 38 heavy (non-hydrogen) atoms. The van der Waals surface area contributed by atoms with Gasteiger partial charge in [0.25, 0.3) is 0 Å². The summed E-state index contributed by atoms with van der Waals surface area (Å²) in [5.41, 5.74) is 6.56. The Labute approximate surface area is 227 Å². The highest BCUT2D eigenvalue weighted by Crippen LogP contribution is 2.19. The van der Waals surface area contributed by atoms with E-state index in [9.17, 15) is 9.59 Å². The van der Waals surface area contributed by atoms with E-state index in [2.05, 4.69) is 0 Å². The van der Waals surface area contributed by atoms with E-state index in [1.807, 2.05) is 63.2 Å². The molecule has 0 bridgehead atoms. The number of benzene rings is 2. The topological polar surface area (TPSA) is 121 Å². The van der Waals surface area contributed by atoms with Crippen LogP contribution in [0.4, 0.5) is 0 Å². The quantitative estimate of drug-likeness (QED) is 0.459. The molecule has 0 aliphatic heterocycles. The average molecular weight is 527 g/mol. The third-order valence-electron chi connectivity index (χ3n) is 5.11. The molecule has 0 spiro atoms. The largest absolute Gasteiger partial charge is 0.497 e. The summed E-state index contributed by atoms with van der Waals surface area (Å²) < 4.78 is 20.7. The third kappa shape index (κ3) is 12.6.